The second kappa shape index (κ2) is 12.1. The molecule has 0 saturated carbocycles. The maximum absolute atomic E-state index is 6.69. The first kappa shape index (κ1) is 30.3. The van der Waals surface area contributed by atoms with E-state index in [9.17, 15) is 0 Å². The molecule has 0 spiro atoms. The number of nitrogens with zero attached hydrogens (tertiary/aromatic N) is 3. The van der Waals surface area contributed by atoms with Crippen LogP contribution in [0.2, 0.25) is 0 Å². The van der Waals surface area contributed by atoms with Gasteiger partial charge in [0.1, 0.15) is 22.3 Å². The molecule has 0 unspecified atom stereocenters. The van der Waals surface area contributed by atoms with E-state index < -0.39 is 0 Å². The Labute approximate surface area is 309 Å². The van der Waals surface area contributed by atoms with E-state index in [1.807, 2.05) is 42.5 Å². The topological polar surface area (TPSA) is 65.0 Å². The number of hydrogen-bond donors (Lipinski definition) is 0. The van der Waals surface area contributed by atoms with Crippen LogP contribution < -0.4 is 0 Å². The molecule has 11 rings (SSSR count). The van der Waals surface area contributed by atoms with E-state index in [-0.39, 0.29) is 0 Å². The van der Waals surface area contributed by atoms with Crippen LogP contribution in [-0.2, 0) is 0 Å². The van der Waals surface area contributed by atoms with Crippen molar-refractivity contribution in [3.63, 3.8) is 0 Å². The van der Waals surface area contributed by atoms with Crippen molar-refractivity contribution in [1.29, 1.82) is 0 Å². The third-order valence-electron chi connectivity index (χ3n) is 10.3. The van der Waals surface area contributed by atoms with Crippen molar-refractivity contribution in [2.75, 3.05) is 0 Å². The first-order valence-corrected chi connectivity index (χ1v) is 18.0. The van der Waals surface area contributed by atoms with Gasteiger partial charge in [0, 0.05) is 43.8 Å². The van der Waals surface area contributed by atoms with Crippen molar-refractivity contribution < 1.29 is 8.83 Å². The molecule has 0 saturated heterocycles. The fourth-order valence-electron chi connectivity index (χ4n) is 7.68. The molecular weight excluding hydrogens is 663 g/mol. The van der Waals surface area contributed by atoms with Gasteiger partial charge in [-0.15, -0.1) is 0 Å². The van der Waals surface area contributed by atoms with Crippen LogP contribution in [0.15, 0.2) is 185 Å². The average molecular weight is 692 g/mol. The molecule has 0 aliphatic rings. The quantitative estimate of drug-likeness (QED) is 0.180. The van der Waals surface area contributed by atoms with Crippen LogP contribution in [0, 0.1) is 0 Å². The van der Waals surface area contributed by atoms with Crippen LogP contribution in [0.25, 0.3) is 111 Å². The summed E-state index contributed by atoms with van der Waals surface area (Å²) in [4.78, 5) is 15.4. The summed E-state index contributed by atoms with van der Waals surface area (Å²) >= 11 is 0. The molecule has 0 aliphatic heterocycles. The van der Waals surface area contributed by atoms with Crippen molar-refractivity contribution in [2.24, 2.45) is 0 Å². The van der Waals surface area contributed by atoms with Gasteiger partial charge in [0.05, 0.1) is 0 Å². The molecule has 0 bridgehead atoms. The Bertz CT molecular complexity index is 3210. The summed E-state index contributed by atoms with van der Waals surface area (Å²) in [7, 11) is 0. The molecular formula is C49H29N3O2. The van der Waals surface area contributed by atoms with Gasteiger partial charge in [0.2, 0.25) is 0 Å². The summed E-state index contributed by atoms with van der Waals surface area (Å²) in [6, 6.07) is 60.5. The summed E-state index contributed by atoms with van der Waals surface area (Å²) in [5.74, 6) is 1.72. The monoisotopic (exact) mass is 691 g/mol. The van der Waals surface area contributed by atoms with Crippen LogP contribution >= 0.6 is 0 Å². The normalized spacial score (nSPS) is 11.7. The number of furan rings is 2. The highest BCUT2D eigenvalue weighted by atomic mass is 16.3. The molecule has 11 aromatic rings. The SMILES string of the molecule is c1ccc(-c2ccc(-c3cccc4c3oc3cccc(-c5nc(-c6ccc7ccccc7c6)nc(-c6ccc7c(c6)oc6ccccc67)n5)c34)cc2)cc1. The van der Waals surface area contributed by atoms with Crippen LogP contribution in [0.5, 0.6) is 0 Å². The van der Waals surface area contributed by atoms with Crippen LogP contribution in [-0.4, -0.2) is 15.0 Å². The van der Waals surface area contributed by atoms with Gasteiger partial charge in [0.25, 0.3) is 0 Å². The summed E-state index contributed by atoms with van der Waals surface area (Å²) in [6.45, 7) is 0. The third-order valence-corrected chi connectivity index (χ3v) is 10.3. The Morgan fingerprint density at radius 1 is 0.315 bits per heavy atom. The van der Waals surface area contributed by atoms with E-state index in [2.05, 4.69) is 133 Å². The van der Waals surface area contributed by atoms with E-state index in [4.69, 9.17) is 23.8 Å². The molecule has 54 heavy (non-hydrogen) atoms. The maximum atomic E-state index is 6.69. The number of fused-ring (bicyclic) bond motifs is 7. The third kappa shape index (κ3) is 4.98. The van der Waals surface area contributed by atoms with Gasteiger partial charge >= 0.3 is 0 Å². The lowest BCUT2D eigenvalue weighted by atomic mass is 9.98. The number of benzene rings is 8. The highest BCUT2D eigenvalue weighted by Gasteiger charge is 2.20. The zero-order chi connectivity index (χ0) is 35.6. The van der Waals surface area contributed by atoms with E-state index in [1.54, 1.807) is 0 Å². The Kier molecular flexibility index (Phi) is 6.79. The summed E-state index contributed by atoms with van der Waals surface area (Å²) in [5, 5.41) is 6.38. The molecule has 0 N–H and O–H groups in total. The van der Waals surface area contributed by atoms with Gasteiger partial charge in [-0.3, -0.25) is 0 Å². The largest absolute Gasteiger partial charge is 0.456 e. The van der Waals surface area contributed by atoms with Crippen molar-refractivity contribution in [3.8, 4) is 56.4 Å². The smallest absolute Gasteiger partial charge is 0.164 e. The van der Waals surface area contributed by atoms with Gasteiger partial charge < -0.3 is 8.83 Å². The first-order chi connectivity index (χ1) is 26.7. The zero-order valence-electron chi connectivity index (χ0n) is 28.9. The lowest BCUT2D eigenvalue weighted by Crippen LogP contribution is -2.00. The summed E-state index contributed by atoms with van der Waals surface area (Å²) in [5.41, 5.74) is 10.3. The fraction of sp³-hybridized carbons (Fsp3) is 0. The predicted molar refractivity (Wildman–Crippen MR) is 219 cm³/mol. The zero-order valence-corrected chi connectivity index (χ0v) is 28.9. The van der Waals surface area contributed by atoms with Crippen molar-refractivity contribution in [1.82, 2.24) is 15.0 Å². The molecule has 3 aromatic heterocycles. The van der Waals surface area contributed by atoms with Gasteiger partial charge in [-0.1, -0.05) is 146 Å². The van der Waals surface area contributed by atoms with Crippen LogP contribution in [0.1, 0.15) is 0 Å². The molecule has 3 heterocycles. The van der Waals surface area contributed by atoms with Crippen molar-refractivity contribution >= 4 is 54.6 Å². The molecule has 5 heteroatoms. The lowest BCUT2D eigenvalue weighted by molar-refractivity contribution is 0.669. The number of para-hydroxylation sites is 2. The van der Waals surface area contributed by atoms with E-state index in [1.165, 1.54) is 11.1 Å². The molecule has 0 atom stereocenters. The van der Waals surface area contributed by atoms with Gasteiger partial charge in [-0.2, -0.15) is 0 Å². The maximum Gasteiger partial charge on any atom is 0.164 e. The number of hydrogen-bond acceptors (Lipinski definition) is 5. The van der Waals surface area contributed by atoms with Gasteiger partial charge in [0.15, 0.2) is 17.5 Å². The molecule has 8 aromatic carbocycles. The highest BCUT2D eigenvalue weighted by Crippen LogP contribution is 2.41. The number of rotatable bonds is 5. The molecule has 0 aliphatic carbocycles. The average Bonchev–Trinajstić information content (AvgIpc) is 3.82. The first-order valence-electron chi connectivity index (χ1n) is 18.0. The summed E-state index contributed by atoms with van der Waals surface area (Å²) in [6.07, 6.45) is 0. The molecule has 0 fully saturated rings. The van der Waals surface area contributed by atoms with Crippen LogP contribution in [0.4, 0.5) is 0 Å². The van der Waals surface area contributed by atoms with E-state index in [0.29, 0.717) is 17.5 Å². The lowest BCUT2D eigenvalue weighted by Gasteiger charge is -2.10. The van der Waals surface area contributed by atoms with Crippen LogP contribution in [0.3, 0.4) is 0 Å². The molecule has 0 amide bonds. The minimum Gasteiger partial charge on any atom is -0.456 e. The Morgan fingerprint density at radius 2 is 0.907 bits per heavy atom. The van der Waals surface area contributed by atoms with Crippen molar-refractivity contribution in [3.05, 3.63) is 176 Å². The standard InChI is InChI=1S/C49H29N3O2/c1-2-10-30(11-3-1)32-20-23-33(24-21-32)37-15-8-16-40-45-41(17-9-19-43(45)54-46(37)40)49-51-47(35-25-22-31-12-4-5-13-34(31)28-35)50-48(52-49)36-26-27-39-38-14-6-7-18-42(38)53-44(39)29-36/h1-29H. The van der Waals surface area contributed by atoms with Gasteiger partial charge in [-0.25, -0.2) is 15.0 Å². The minimum absolute atomic E-state index is 0.564. The Morgan fingerprint density at radius 3 is 1.78 bits per heavy atom. The van der Waals surface area contributed by atoms with E-state index in [0.717, 1.165) is 82.5 Å². The second-order valence-electron chi connectivity index (χ2n) is 13.6. The molecule has 0 radical (unpaired) electrons. The minimum atomic E-state index is 0.564. The van der Waals surface area contributed by atoms with Gasteiger partial charge in [-0.05, 0) is 57.8 Å². The van der Waals surface area contributed by atoms with E-state index >= 15 is 0 Å². The second-order valence-corrected chi connectivity index (χ2v) is 13.6. The predicted octanol–water partition coefficient (Wildman–Crippen LogP) is 13.2. The Balaban J connectivity index is 1.10. The highest BCUT2D eigenvalue weighted by molar-refractivity contribution is 6.15. The molecule has 5 nitrogen and oxygen atoms in total. The molecule has 252 valence electrons. The number of aromatic nitrogens is 3. The fourth-order valence-corrected chi connectivity index (χ4v) is 7.68. The Hall–Kier alpha value is -7.37. The summed E-state index contributed by atoms with van der Waals surface area (Å²) < 4.78 is 13.0. The van der Waals surface area contributed by atoms with Crippen molar-refractivity contribution in [2.45, 2.75) is 0 Å².